The van der Waals surface area contributed by atoms with Crippen molar-refractivity contribution >= 4 is 17.7 Å². The van der Waals surface area contributed by atoms with Crippen molar-refractivity contribution in [2.24, 2.45) is 28.1 Å². The maximum atomic E-state index is 13.4. The van der Waals surface area contributed by atoms with Gasteiger partial charge in [0.1, 0.15) is 17.5 Å². The van der Waals surface area contributed by atoms with E-state index in [1.165, 1.54) is 7.11 Å². The lowest BCUT2D eigenvalue weighted by atomic mass is 9.41. The summed E-state index contributed by atoms with van der Waals surface area (Å²) >= 11 is 0. The Kier molecular flexibility index (Phi) is 5.01. The van der Waals surface area contributed by atoms with Crippen LogP contribution in [0.15, 0.2) is 35.2 Å². The highest BCUT2D eigenvalue weighted by Crippen LogP contribution is 2.71. The molecule has 0 N–H and O–H groups in total. The number of carbonyl (C=O) groups is 3. The molecular weight excluding hydrogens is 436 g/mol. The van der Waals surface area contributed by atoms with Crippen molar-refractivity contribution in [3.8, 4) is 0 Å². The number of cyclic esters (lactones) is 1. The standard InChI is InChI=1S/C27H34O7/c1-15-17-7-9-25(4)23(16-8-10-32-14-16)33-22(30)13-27(15,25)34-20-12-19(28)24(2,3)18(26(17,20)5)11-21(29)31-6/h8,10,14,17-18,20,23H,1,7,9,11-13H2,2-6H3/t17-,18+,20+,23-,25-,26+,27+/m0/s1. The molecule has 2 aliphatic carbocycles. The van der Waals surface area contributed by atoms with Crippen LogP contribution in [0.25, 0.3) is 0 Å². The summed E-state index contributed by atoms with van der Waals surface area (Å²) in [6, 6.07) is 1.82. The third kappa shape index (κ3) is 2.76. The topological polar surface area (TPSA) is 92.0 Å². The molecule has 0 aromatic carbocycles. The molecular formula is C27H34O7. The largest absolute Gasteiger partial charge is 0.472 e. The fourth-order valence-electron chi connectivity index (χ4n) is 7.88. The Bertz CT molecular complexity index is 1060. The van der Waals surface area contributed by atoms with Gasteiger partial charge in [0.2, 0.25) is 0 Å². The number of hydrogen-bond acceptors (Lipinski definition) is 7. The predicted octanol–water partition coefficient (Wildman–Crippen LogP) is 4.56. The fourth-order valence-corrected chi connectivity index (χ4v) is 7.88. The van der Waals surface area contributed by atoms with E-state index >= 15 is 0 Å². The van der Waals surface area contributed by atoms with Crippen LogP contribution in [-0.4, -0.2) is 36.5 Å². The second kappa shape index (κ2) is 7.30. The molecule has 2 saturated carbocycles. The summed E-state index contributed by atoms with van der Waals surface area (Å²) < 4.78 is 23.2. The van der Waals surface area contributed by atoms with E-state index in [1.54, 1.807) is 12.5 Å². The molecule has 1 aromatic rings. The van der Waals surface area contributed by atoms with Gasteiger partial charge >= 0.3 is 11.9 Å². The van der Waals surface area contributed by atoms with Gasteiger partial charge in [-0.05, 0) is 36.3 Å². The number of ether oxygens (including phenoxy) is 3. The summed E-state index contributed by atoms with van der Waals surface area (Å²) in [4.78, 5) is 38.8. The lowest BCUT2D eigenvalue weighted by molar-refractivity contribution is -0.298. The molecule has 3 heterocycles. The molecule has 34 heavy (non-hydrogen) atoms. The Labute approximate surface area is 200 Å². The molecule has 0 amide bonds. The van der Waals surface area contributed by atoms with E-state index in [0.29, 0.717) is 0 Å². The first-order valence-corrected chi connectivity index (χ1v) is 12.1. The lowest BCUT2D eigenvalue weighted by Gasteiger charge is -2.70. The van der Waals surface area contributed by atoms with Gasteiger partial charge in [-0.25, -0.2) is 0 Å². The highest BCUT2D eigenvalue weighted by Gasteiger charge is 2.73. The molecule has 5 rings (SSSR count). The second-order valence-electron chi connectivity index (χ2n) is 11.6. The molecule has 1 aromatic heterocycles. The maximum Gasteiger partial charge on any atom is 0.309 e. The fraction of sp³-hybridized carbons (Fsp3) is 0.667. The quantitative estimate of drug-likeness (QED) is 0.472. The smallest absolute Gasteiger partial charge is 0.309 e. The van der Waals surface area contributed by atoms with Gasteiger partial charge in [0.15, 0.2) is 0 Å². The molecule has 7 heteroatoms. The molecule has 1 spiro atoms. The van der Waals surface area contributed by atoms with Gasteiger partial charge in [0, 0.05) is 34.7 Å². The molecule has 2 bridgehead atoms. The molecule has 4 aliphatic rings. The SMILES string of the molecule is C=C1[C@@H]2CC[C@@]3(C)[C@H](c4ccoc4)OC(=O)C[C@@]13O[C@@H]1CC(=O)C(C)(C)[C@@H](CC(=O)OC)[C@]12C. The molecule has 0 unspecified atom stereocenters. The number of fused-ring (bicyclic) bond motifs is 3. The first-order valence-electron chi connectivity index (χ1n) is 12.1. The summed E-state index contributed by atoms with van der Waals surface area (Å²) in [6.45, 7) is 12.6. The minimum absolute atomic E-state index is 0.00254. The summed E-state index contributed by atoms with van der Waals surface area (Å²) in [5.41, 5.74) is -1.05. The average Bonchev–Trinajstić information content (AvgIpc) is 3.30. The number of hydrogen-bond donors (Lipinski definition) is 0. The minimum Gasteiger partial charge on any atom is -0.472 e. The van der Waals surface area contributed by atoms with Gasteiger partial charge in [-0.15, -0.1) is 0 Å². The van der Waals surface area contributed by atoms with Crippen molar-refractivity contribution in [2.45, 2.75) is 77.6 Å². The Morgan fingerprint density at radius 1 is 1.24 bits per heavy atom. The van der Waals surface area contributed by atoms with Gasteiger partial charge in [-0.1, -0.05) is 34.3 Å². The van der Waals surface area contributed by atoms with Crippen LogP contribution in [0.5, 0.6) is 0 Å². The van der Waals surface area contributed by atoms with E-state index < -0.39 is 34.1 Å². The highest BCUT2D eigenvalue weighted by molar-refractivity contribution is 5.87. The van der Waals surface area contributed by atoms with Gasteiger partial charge in [0.05, 0.1) is 32.2 Å². The van der Waals surface area contributed by atoms with Crippen molar-refractivity contribution in [3.05, 3.63) is 36.3 Å². The van der Waals surface area contributed by atoms with Crippen molar-refractivity contribution in [3.63, 3.8) is 0 Å². The van der Waals surface area contributed by atoms with Crippen LogP contribution in [0.2, 0.25) is 0 Å². The summed E-state index contributed by atoms with van der Waals surface area (Å²) in [7, 11) is 1.38. The van der Waals surface area contributed by atoms with Crippen LogP contribution in [0, 0.1) is 28.1 Å². The zero-order valence-electron chi connectivity index (χ0n) is 20.6. The third-order valence-corrected chi connectivity index (χ3v) is 9.98. The van der Waals surface area contributed by atoms with E-state index in [2.05, 4.69) is 20.4 Å². The number of carbonyl (C=O) groups excluding carboxylic acids is 3. The number of furan rings is 1. The monoisotopic (exact) mass is 470 g/mol. The lowest BCUT2D eigenvalue weighted by Crippen LogP contribution is -2.72. The Morgan fingerprint density at radius 2 is 1.97 bits per heavy atom. The zero-order valence-corrected chi connectivity index (χ0v) is 20.6. The summed E-state index contributed by atoms with van der Waals surface area (Å²) in [6.07, 6.45) is 4.23. The van der Waals surface area contributed by atoms with Crippen molar-refractivity contribution in [1.29, 1.82) is 0 Å². The van der Waals surface area contributed by atoms with E-state index in [0.717, 1.165) is 24.0 Å². The zero-order chi connectivity index (χ0) is 24.7. The number of rotatable bonds is 3. The summed E-state index contributed by atoms with van der Waals surface area (Å²) in [5.74, 6) is -0.889. The predicted molar refractivity (Wildman–Crippen MR) is 121 cm³/mol. The number of esters is 2. The third-order valence-electron chi connectivity index (χ3n) is 9.98. The second-order valence-corrected chi connectivity index (χ2v) is 11.6. The van der Waals surface area contributed by atoms with E-state index in [9.17, 15) is 14.4 Å². The Balaban J connectivity index is 1.63. The van der Waals surface area contributed by atoms with Crippen molar-refractivity contribution in [2.75, 3.05) is 7.11 Å². The minimum atomic E-state index is -0.949. The molecule has 2 saturated heterocycles. The van der Waals surface area contributed by atoms with Crippen LogP contribution >= 0.6 is 0 Å². The Morgan fingerprint density at radius 3 is 2.62 bits per heavy atom. The first kappa shape index (κ1) is 23.3. The van der Waals surface area contributed by atoms with Gasteiger partial charge in [0.25, 0.3) is 0 Å². The molecule has 184 valence electrons. The maximum absolute atomic E-state index is 13.4. The van der Waals surface area contributed by atoms with Gasteiger partial charge < -0.3 is 18.6 Å². The van der Waals surface area contributed by atoms with Gasteiger partial charge in [-0.2, -0.15) is 0 Å². The van der Waals surface area contributed by atoms with E-state index in [-0.39, 0.29) is 48.8 Å². The number of Topliss-reactive ketones (excluding diaryl/α,β-unsaturated/α-hetero) is 1. The van der Waals surface area contributed by atoms with Crippen LogP contribution in [0.3, 0.4) is 0 Å². The molecule has 4 fully saturated rings. The van der Waals surface area contributed by atoms with Crippen molar-refractivity contribution < 1.29 is 33.0 Å². The molecule has 7 atom stereocenters. The molecule has 0 radical (unpaired) electrons. The summed E-state index contributed by atoms with van der Waals surface area (Å²) in [5, 5.41) is 0. The normalized spacial score (nSPS) is 42.9. The van der Waals surface area contributed by atoms with E-state index in [4.69, 9.17) is 18.6 Å². The highest BCUT2D eigenvalue weighted by atomic mass is 16.6. The van der Waals surface area contributed by atoms with Gasteiger partial charge in [-0.3, -0.25) is 14.4 Å². The molecule has 7 nitrogen and oxygen atoms in total. The number of ketones is 1. The molecule has 2 aliphatic heterocycles. The first-order chi connectivity index (χ1) is 15.9. The van der Waals surface area contributed by atoms with Crippen LogP contribution in [-0.2, 0) is 28.6 Å². The Hall–Kier alpha value is -2.41. The number of methoxy groups -OCH3 is 1. The van der Waals surface area contributed by atoms with Crippen LogP contribution < -0.4 is 0 Å². The van der Waals surface area contributed by atoms with Crippen molar-refractivity contribution in [1.82, 2.24) is 0 Å². The average molecular weight is 471 g/mol. The van der Waals surface area contributed by atoms with Crippen LogP contribution in [0.1, 0.15) is 71.5 Å². The van der Waals surface area contributed by atoms with E-state index in [1.807, 2.05) is 19.9 Å². The van der Waals surface area contributed by atoms with Crippen LogP contribution in [0.4, 0.5) is 0 Å².